The fourth-order valence-corrected chi connectivity index (χ4v) is 0.819. The summed E-state index contributed by atoms with van der Waals surface area (Å²) < 4.78 is 0. The second-order valence-electron chi connectivity index (χ2n) is 2.25. The lowest BCUT2D eigenvalue weighted by Gasteiger charge is -1.91. The van der Waals surface area contributed by atoms with E-state index in [1.807, 2.05) is 6.07 Å². The Morgan fingerprint density at radius 2 is 1.75 bits per heavy atom. The molecule has 2 heteroatoms. The smallest absolute Gasteiger partial charge is 0.150 e. The van der Waals surface area contributed by atoms with Crippen LogP contribution in [0, 0.1) is 11.3 Å². The van der Waals surface area contributed by atoms with Gasteiger partial charge in [-0.15, -0.1) is 0 Å². The minimum atomic E-state index is 0.643. The number of hydrogen-bond acceptors (Lipinski definition) is 2. The first-order valence-electron chi connectivity index (χ1n) is 3.48. The van der Waals surface area contributed by atoms with Crippen molar-refractivity contribution in [1.82, 2.24) is 0 Å². The van der Waals surface area contributed by atoms with E-state index in [1.165, 1.54) is 6.08 Å². The minimum Gasteiger partial charge on any atom is -0.298 e. The Bertz CT molecular complexity index is 330. The number of aldehydes is 1. The summed E-state index contributed by atoms with van der Waals surface area (Å²) >= 11 is 0. The van der Waals surface area contributed by atoms with Crippen LogP contribution in [0.1, 0.15) is 15.9 Å². The lowest BCUT2D eigenvalue weighted by molar-refractivity contribution is 0.112. The predicted octanol–water partition coefficient (Wildman–Crippen LogP) is 2.04. The van der Waals surface area contributed by atoms with E-state index >= 15 is 0 Å². The van der Waals surface area contributed by atoms with Crippen LogP contribution in [0.3, 0.4) is 0 Å². The molecule has 0 saturated carbocycles. The number of benzene rings is 1. The highest BCUT2D eigenvalue weighted by Crippen LogP contribution is 2.03. The molecular weight excluding hydrogens is 150 g/mol. The maximum Gasteiger partial charge on any atom is 0.150 e. The average Bonchev–Trinajstić information content (AvgIpc) is 2.15. The largest absolute Gasteiger partial charge is 0.298 e. The van der Waals surface area contributed by atoms with Crippen molar-refractivity contribution < 1.29 is 4.79 Å². The molecule has 0 amide bonds. The van der Waals surface area contributed by atoms with Crippen LogP contribution in [0.4, 0.5) is 0 Å². The Morgan fingerprint density at radius 1 is 1.17 bits per heavy atom. The fraction of sp³-hybridized carbons (Fsp3) is 0. The van der Waals surface area contributed by atoms with Gasteiger partial charge in [-0.3, -0.25) is 4.79 Å². The van der Waals surface area contributed by atoms with E-state index in [4.69, 9.17) is 5.26 Å². The second kappa shape index (κ2) is 4.09. The van der Waals surface area contributed by atoms with Crippen LogP contribution in [0.2, 0.25) is 0 Å². The van der Waals surface area contributed by atoms with Gasteiger partial charge in [-0.25, -0.2) is 0 Å². The number of rotatable bonds is 2. The third kappa shape index (κ3) is 2.06. The summed E-state index contributed by atoms with van der Waals surface area (Å²) in [5.41, 5.74) is 1.56. The van der Waals surface area contributed by atoms with Gasteiger partial charge in [-0.1, -0.05) is 24.3 Å². The van der Waals surface area contributed by atoms with Gasteiger partial charge in [-0.2, -0.15) is 5.26 Å². The Kier molecular flexibility index (Phi) is 2.80. The molecule has 0 N–H and O–H groups in total. The Balaban J connectivity index is 2.86. The molecule has 0 atom stereocenters. The molecule has 0 saturated heterocycles. The SMILES string of the molecule is N#C/C=C\c1ccc(C=O)cc1. The molecule has 1 aromatic carbocycles. The van der Waals surface area contributed by atoms with Crippen molar-refractivity contribution in [3.05, 3.63) is 41.5 Å². The predicted molar refractivity (Wildman–Crippen MR) is 46.5 cm³/mol. The van der Waals surface area contributed by atoms with E-state index < -0.39 is 0 Å². The first-order valence-corrected chi connectivity index (χ1v) is 3.48. The van der Waals surface area contributed by atoms with E-state index in [9.17, 15) is 4.79 Å². The van der Waals surface area contributed by atoms with Gasteiger partial charge in [0.05, 0.1) is 6.07 Å². The van der Waals surface area contributed by atoms with Gasteiger partial charge in [0, 0.05) is 11.6 Å². The number of allylic oxidation sites excluding steroid dienone is 1. The molecule has 0 bridgehead atoms. The highest BCUT2D eigenvalue weighted by Gasteiger charge is 1.88. The summed E-state index contributed by atoms with van der Waals surface area (Å²) in [5, 5.41) is 8.24. The van der Waals surface area contributed by atoms with Gasteiger partial charge >= 0.3 is 0 Å². The zero-order valence-corrected chi connectivity index (χ0v) is 6.40. The van der Waals surface area contributed by atoms with Crippen LogP contribution in [-0.2, 0) is 0 Å². The molecule has 0 aromatic heterocycles. The molecule has 2 nitrogen and oxygen atoms in total. The van der Waals surface area contributed by atoms with Crippen molar-refractivity contribution in [3.63, 3.8) is 0 Å². The molecule has 1 aromatic rings. The topological polar surface area (TPSA) is 40.9 Å². The molecule has 0 heterocycles. The number of hydrogen-bond donors (Lipinski definition) is 0. The van der Waals surface area contributed by atoms with E-state index in [0.717, 1.165) is 11.8 Å². The fourth-order valence-electron chi connectivity index (χ4n) is 0.819. The lowest BCUT2D eigenvalue weighted by Crippen LogP contribution is -1.78. The second-order valence-corrected chi connectivity index (χ2v) is 2.25. The number of nitriles is 1. The molecule has 0 aliphatic carbocycles. The van der Waals surface area contributed by atoms with Crippen LogP contribution in [0.15, 0.2) is 30.3 Å². The van der Waals surface area contributed by atoms with Crippen LogP contribution in [-0.4, -0.2) is 6.29 Å². The molecule has 0 spiro atoms. The normalized spacial score (nSPS) is 9.58. The highest BCUT2D eigenvalue weighted by molar-refractivity contribution is 5.75. The Hall–Kier alpha value is -1.88. The van der Waals surface area contributed by atoms with Gasteiger partial charge in [0.15, 0.2) is 0 Å². The highest BCUT2D eigenvalue weighted by atomic mass is 16.1. The number of nitrogens with zero attached hydrogens (tertiary/aromatic N) is 1. The minimum absolute atomic E-state index is 0.643. The van der Waals surface area contributed by atoms with Gasteiger partial charge < -0.3 is 0 Å². The third-order valence-corrected chi connectivity index (χ3v) is 1.42. The van der Waals surface area contributed by atoms with Crippen molar-refractivity contribution in [2.45, 2.75) is 0 Å². The number of carbonyl (C=O) groups is 1. The quantitative estimate of drug-likeness (QED) is 0.487. The maximum atomic E-state index is 10.3. The monoisotopic (exact) mass is 157 g/mol. The Morgan fingerprint density at radius 3 is 2.25 bits per heavy atom. The average molecular weight is 157 g/mol. The molecule has 58 valence electrons. The molecule has 0 aliphatic rings. The van der Waals surface area contributed by atoms with Crippen LogP contribution in [0.25, 0.3) is 6.08 Å². The third-order valence-electron chi connectivity index (χ3n) is 1.42. The summed E-state index contributed by atoms with van der Waals surface area (Å²) in [6, 6.07) is 8.90. The first kappa shape index (κ1) is 8.22. The van der Waals surface area contributed by atoms with Crippen molar-refractivity contribution in [1.29, 1.82) is 5.26 Å². The van der Waals surface area contributed by atoms with Crippen molar-refractivity contribution in [2.75, 3.05) is 0 Å². The summed E-state index contributed by atoms with van der Waals surface area (Å²) in [7, 11) is 0. The first-order chi connectivity index (χ1) is 5.86. The summed E-state index contributed by atoms with van der Waals surface area (Å²) in [5.74, 6) is 0. The molecule has 0 unspecified atom stereocenters. The van der Waals surface area contributed by atoms with Crippen LogP contribution >= 0.6 is 0 Å². The number of carbonyl (C=O) groups excluding carboxylic acids is 1. The Labute approximate surface area is 70.8 Å². The standard InChI is InChI=1S/C10H7NO/c11-7-1-2-9-3-5-10(8-12)6-4-9/h1-6,8H/b2-1-. The lowest BCUT2D eigenvalue weighted by atomic mass is 10.1. The zero-order valence-electron chi connectivity index (χ0n) is 6.40. The molecule has 12 heavy (non-hydrogen) atoms. The maximum absolute atomic E-state index is 10.3. The van der Waals surface area contributed by atoms with E-state index in [1.54, 1.807) is 30.3 Å². The van der Waals surface area contributed by atoms with Crippen molar-refractivity contribution in [3.8, 4) is 6.07 Å². The summed E-state index contributed by atoms with van der Waals surface area (Å²) in [6.45, 7) is 0. The summed E-state index contributed by atoms with van der Waals surface area (Å²) in [4.78, 5) is 10.3. The molecule has 0 fully saturated rings. The van der Waals surface area contributed by atoms with E-state index in [-0.39, 0.29) is 0 Å². The van der Waals surface area contributed by atoms with Crippen molar-refractivity contribution >= 4 is 12.4 Å². The van der Waals surface area contributed by atoms with Gasteiger partial charge in [0.1, 0.15) is 6.29 Å². The summed E-state index contributed by atoms with van der Waals surface area (Å²) in [6.07, 6.45) is 3.88. The molecule has 1 rings (SSSR count). The molecule has 0 radical (unpaired) electrons. The van der Waals surface area contributed by atoms with E-state index in [2.05, 4.69) is 0 Å². The van der Waals surface area contributed by atoms with Crippen molar-refractivity contribution in [2.24, 2.45) is 0 Å². The van der Waals surface area contributed by atoms with E-state index in [0.29, 0.717) is 5.56 Å². The molecular formula is C10H7NO. The zero-order chi connectivity index (χ0) is 8.81. The molecule has 0 aliphatic heterocycles. The van der Waals surface area contributed by atoms with Crippen LogP contribution in [0.5, 0.6) is 0 Å². The van der Waals surface area contributed by atoms with Crippen LogP contribution < -0.4 is 0 Å². The van der Waals surface area contributed by atoms with Gasteiger partial charge in [-0.05, 0) is 11.6 Å². The van der Waals surface area contributed by atoms with Gasteiger partial charge in [0.25, 0.3) is 0 Å². The van der Waals surface area contributed by atoms with Gasteiger partial charge in [0.2, 0.25) is 0 Å².